The molecule has 128 valence electrons. The molecule has 0 bridgehead atoms. The molecule has 0 spiro atoms. The topological polar surface area (TPSA) is 105 Å². The van der Waals surface area contributed by atoms with Crippen LogP contribution in [0.2, 0.25) is 0 Å². The highest BCUT2D eigenvalue weighted by Crippen LogP contribution is 2.06. The molecule has 0 saturated carbocycles. The van der Waals surface area contributed by atoms with Crippen molar-refractivity contribution in [3.63, 3.8) is 0 Å². The van der Waals surface area contributed by atoms with Crippen molar-refractivity contribution < 1.29 is 29.9 Å². The van der Waals surface area contributed by atoms with Gasteiger partial charge in [-0.2, -0.15) is 10.5 Å². The highest BCUT2D eigenvalue weighted by molar-refractivity contribution is 5.75. The third-order valence-electron chi connectivity index (χ3n) is 3.24. The second-order valence-corrected chi connectivity index (χ2v) is 5.09. The second-order valence-electron chi connectivity index (χ2n) is 5.09. The molecule has 1 unspecified atom stereocenters. The second kappa shape index (κ2) is 14.3. The van der Waals surface area contributed by atoms with Crippen LogP contribution in [0.1, 0.15) is 64.7 Å². The minimum Gasteiger partial charge on any atom is -0.378 e. The van der Waals surface area contributed by atoms with E-state index >= 15 is 0 Å². The molecule has 0 aromatic rings. The maximum absolute atomic E-state index is 11.4. The van der Waals surface area contributed by atoms with E-state index in [0.29, 0.717) is 6.42 Å². The van der Waals surface area contributed by atoms with Crippen molar-refractivity contribution in [3.05, 3.63) is 12.3 Å². The fraction of sp³-hybridized carbons (Fsp3) is 0.733. The van der Waals surface area contributed by atoms with Gasteiger partial charge in [0.05, 0.1) is 0 Å². The molecule has 0 rings (SSSR count). The molecule has 22 heavy (non-hydrogen) atoms. The average molecular weight is 317 g/mol. The van der Waals surface area contributed by atoms with Crippen LogP contribution in [0.3, 0.4) is 0 Å². The summed E-state index contributed by atoms with van der Waals surface area (Å²) in [5, 5.41) is 19.4. The maximum Gasteiger partial charge on any atom is 0.363 e. The zero-order valence-electron chi connectivity index (χ0n) is 13.1. The Morgan fingerprint density at radius 2 is 1.82 bits per heavy atom. The molecule has 7 nitrogen and oxygen atoms in total. The smallest absolute Gasteiger partial charge is 0.363 e. The summed E-state index contributed by atoms with van der Waals surface area (Å²) in [4.78, 5) is 29.4. The van der Waals surface area contributed by atoms with E-state index in [1.54, 1.807) is 6.20 Å². The average Bonchev–Trinajstić information content (AvgIpc) is 2.54. The summed E-state index contributed by atoms with van der Waals surface area (Å²) in [6.45, 7) is 2.17. The van der Waals surface area contributed by atoms with Gasteiger partial charge in [-0.3, -0.25) is 4.89 Å². The molecule has 0 radical (unpaired) electrons. The van der Waals surface area contributed by atoms with Gasteiger partial charge in [0.2, 0.25) is 0 Å². The van der Waals surface area contributed by atoms with E-state index in [0.717, 1.165) is 12.8 Å². The molecule has 7 heteroatoms. The lowest BCUT2D eigenvalue weighted by Crippen LogP contribution is -2.34. The van der Waals surface area contributed by atoms with E-state index in [1.807, 2.05) is 6.08 Å². The summed E-state index contributed by atoms with van der Waals surface area (Å²) in [5.74, 6) is -1.58. The molecular weight excluding hydrogens is 290 g/mol. The van der Waals surface area contributed by atoms with Crippen LogP contribution in [0.4, 0.5) is 0 Å². The summed E-state index contributed by atoms with van der Waals surface area (Å²) >= 11 is 0. The first-order valence-corrected chi connectivity index (χ1v) is 7.76. The Morgan fingerprint density at radius 3 is 2.45 bits per heavy atom. The summed E-state index contributed by atoms with van der Waals surface area (Å²) in [5.41, 5.74) is 0. The largest absolute Gasteiger partial charge is 0.378 e. The zero-order valence-corrected chi connectivity index (χ0v) is 13.1. The van der Waals surface area contributed by atoms with Crippen LogP contribution in [-0.4, -0.2) is 28.5 Å². The molecule has 0 aromatic carbocycles. The standard InChI is InChI=1S/C15H27NO6/c1-2-3-4-5-6-7-8-12-16-13(15(18)22-20)10-9-11-14(17)21-19/h8,12-13,16,19-20H,2-7,9-11H2,1H3. The predicted molar refractivity (Wildman–Crippen MR) is 80.7 cm³/mol. The van der Waals surface area contributed by atoms with E-state index < -0.39 is 18.0 Å². The van der Waals surface area contributed by atoms with Crippen LogP contribution < -0.4 is 5.32 Å². The van der Waals surface area contributed by atoms with Gasteiger partial charge < -0.3 is 10.2 Å². The molecule has 0 amide bonds. The van der Waals surface area contributed by atoms with Crippen LogP contribution in [0, 0.1) is 0 Å². The highest BCUT2D eigenvalue weighted by Gasteiger charge is 2.19. The third kappa shape index (κ3) is 11.1. The third-order valence-corrected chi connectivity index (χ3v) is 3.24. The lowest BCUT2D eigenvalue weighted by molar-refractivity contribution is -0.237. The van der Waals surface area contributed by atoms with Gasteiger partial charge >= 0.3 is 11.9 Å². The number of nitrogens with one attached hydrogen (secondary N) is 1. The zero-order chi connectivity index (χ0) is 16.6. The van der Waals surface area contributed by atoms with Crippen LogP contribution in [0.25, 0.3) is 0 Å². The van der Waals surface area contributed by atoms with E-state index in [4.69, 9.17) is 10.5 Å². The number of unbranched alkanes of at least 4 members (excludes halogenated alkanes) is 5. The van der Waals surface area contributed by atoms with Gasteiger partial charge in [-0.25, -0.2) is 9.59 Å². The minimum absolute atomic E-state index is 0.0193. The Labute approximate surface area is 131 Å². The van der Waals surface area contributed by atoms with Crippen LogP contribution in [-0.2, 0) is 19.4 Å². The molecule has 0 fully saturated rings. The van der Waals surface area contributed by atoms with Crippen molar-refractivity contribution >= 4 is 11.9 Å². The summed E-state index contributed by atoms with van der Waals surface area (Å²) in [6, 6.07) is -0.743. The molecule has 0 saturated heterocycles. The van der Waals surface area contributed by atoms with Crippen molar-refractivity contribution in [3.8, 4) is 0 Å². The summed E-state index contributed by atoms with van der Waals surface area (Å²) in [6.07, 6.45) is 11.0. The number of hydrogen-bond donors (Lipinski definition) is 3. The van der Waals surface area contributed by atoms with Gasteiger partial charge in [0.1, 0.15) is 6.04 Å². The highest BCUT2D eigenvalue weighted by atomic mass is 17.1. The van der Waals surface area contributed by atoms with E-state index in [-0.39, 0.29) is 12.8 Å². The quantitative estimate of drug-likeness (QED) is 0.272. The van der Waals surface area contributed by atoms with Crippen LogP contribution in [0.5, 0.6) is 0 Å². The Bertz CT molecular complexity index is 332. The van der Waals surface area contributed by atoms with E-state index in [2.05, 4.69) is 22.0 Å². The van der Waals surface area contributed by atoms with Gasteiger partial charge in [-0.05, 0) is 31.9 Å². The number of carbonyl (C=O) groups excluding carboxylic acids is 2. The fourth-order valence-corrected chi connectivity index (χ4v) is 1.96. The molecule has 3 N–H and O–H groups in total. The number of allylic oxidation sites excluding steroid dienone is 1. The first-order chi connectivity index (χ1) is 10.7. The number of carbonyl (C=O) groups is 2. The Morgan fingerprint density at radius 1 is 1.09 bits per heavy atom. The summed E-state index contributed by atoms with van der Waals surface area (Å²) < 4.78 is 0. The SMILES string of the molecule is CCCCCCCC=CNC(CCCC(=O)OO)C(=O)OO. The summed E-state index contributed by atoms with van der Waals surface area (Å²) in [7, 11) is 0. The molecule has 0 aliphatic heterocycles. The molecule has 0 heterocycles. The molecule has 0 aliphatic carbocycles. The molecular formula is C15H27NO6. The van der Waals surface area contributed by atoms with Crippen LogP contribution >= 0.6 is 0 Å². The van der Waals surface area contributed by atoms with E-state index in [9.17, 15) is 9.59 Å². The van der Waals surface area contributed by atoms with Crippen molar-refractivity contribution in [2.24, 2.45) is 0 Å². The van der Waals surface area contributed by atoms with Gasteiger partial charge in [-0.15, -0.1) is 0 Å². The normalized spacial score (nSPS) is 12.1. The fourth-order valence-electron chi connectivity index (χ4n) is 1.96. The lowest BCUT2D eigenvalue weighted by Gasteiger charge is -2.13. The van der Waals surface area contributed by atoms with E-state index in [1.165, 1.54) is 25.7 Å². The van der Waals surface area contributed by atoms with Crippen molar-refractivity contribution in [2.45, 2.75) is 70.8 Å². The number of rotatable bonds is 13. The van der Waals surface area contributed by atoms with Crippen molar-refractivity contribution in [1.82, 2.24) is 5.32 Å². The Hall–Kier alpha value is -1.60. The lowest BCUT2D eigenvalue weighted by atomic mass is 10.1. The molecule has 1 atom stereocenters. The molecule has 0 aromatic heterocycles. The van der Waals surface area contributed by atoms with Gasteiger partial charge in [0.25, 0.3) is 0 Å². The first kappa shape index (κ1) is 20.4. The number of hydrogen-bond acceptors (Lipinski definition) is 7. The Kier molecular flexibility index (Phi) is 13.3. The van der Waals surface area contributed by atoms with Gasteiger partial charge in [0.15, 0.2) is 0 Å². The van der Waals surface area contributed by atoms with Crippen LogP contribution in [0.15, 0.2) is 12.3 Å². The van der Waals surface area contributed by atoms with Gasteiger partial charge in [-0.1, -0.05) is 38.7 Å². The predicted octanol–water partition coefficient (Wildman–Crippen LogP) is 3.02. The van der Waals surface area contributed by atoms with Crippen molar-refractivity contribution in [2.75, 3.05) is 0 Å². The molecule has 0 aliphatic rings. The first-order valence-electron chi connectivity index (χ1n) is 7.76. The maximum atomic E-state index is 11.4. The van der Waals surface area contributed by atoms with Crippen molar-refractivity contribution in [1.29, 1.82) is 0 Å². The minimum atomic E-state index is -0.815. The Balaban J connectivity index is 3.93. The monoisotopic (exact) mass is 317 g/mol. The van der Waals surface area contributed by atoms with Gasteiger partial charge in [0, 0.05) is 6.42 Å².